The highest BCUT2D eigenvalue weighted by Gasteiger charge is 2.42. The van der Waals surface area contributed by atoms with Gasteiger partial charge in [0.05, 0.1) is 0 Å². The number of carbonyl (C=O) groups excluding carboxylic acids is 1. The van der Waals surface area contributed by atoms with Crippen molar-refractivity contribution in [3.63, 3.8) is 0 Å². The van der Waals surface area contributed by atoms with E-state index in [-0.39, 0.29) is 17.9 Å². The van der Waals surface area contributed by atoms with Crippen molar-refractivity contribution in [3.8, 4) is 0 Å². The van der Waals surface area contributed by atoms with Crippen LogP contribution in [0, 0.1) is 0 Å². The van der Waals surface area contributed by atoms with E-state index in [4.69, 9.17) is 0 Å². The van der Waals surface area contributed by atoms with Crippen molar-refractivity contribution in [3.05, 3.63) is 59.7 Å². The van der Waals surface area contributed by atoms with Crippen LogP contribution in [0.5, 0.6) is 0 Å². The molecule has 0 spiro atoms. The first kappa shape index (κ1) is 14.3. The Kier molecular flexibility index (Phi) is 3.53. The van der Waals surface area contributed by atoms with Gasteiger partial charge in [0.1, 0.15) is 12.1 Å². The van der Waals surface area contributed by atoms with E-state index >= 15 is 0 Å². The average Bonchev–Trinajstić information content (AvgIpc) is 3.01. The zero-order valence-electron chi connectivity index (χ0n) is 12.4. The Morgan fingerprint density at radius 2 is 1.23 bits per heavy atom. The number of benzene rings is 2. The summed E-state index contributed by atoms with van der Waals surface area (Å²) in [6.07, 6.45) is 0. The largest absolute Gasteiger partial charge is 0.295 e. The Labute approximate surface area is 138 Å². The molecule has 0 amide bonds. The van der Waals surface area contributed by atoms with Crippen LogP contribution in [0.4, 0.5) is 0 Å². The molecular weight excluding hydrogens is 312 g/mol. The lowest BCUT2D eigenvalue weighted by atomic mass is 9.93. The highest BCUT2D eigenvalue weighted by Crippen LogP contribution is 2.49. The molecule has 0 radical (unpaired) electrons. The van der Waals surface area contributed by atoms with Gasteiger partial charge in [-0.15, -0.1) is 0 Å². The van der Waals surface area contributed by atoms with Crippen LogP contribution in [0.1, 0.15) is 23.2 Å². The third-order valence-electron chi connectivity index (χ3n) is 4.18. The van der Waals surface area contributed by atoms with Gasteiger partial charge in [-0.05, 0) is 61.3 Å². The van der Waals surface area contributed by atoms with Crippen molar-refractivity contribution in [2.45, 2.75) is 21.9 Å². The molecule has 0 aliphatic carbocycles. The zero-order chi connectivity index (χ0) is 15.3. The van der Waals surface area contributed by atoms with Crippen LogP contribution in [-0.2, 0) is 4.79 Å². The van der Waals surface area contributed by atoms with E-state index in [1.165, 1.54) is 9.79 Å². The molecular formula is C17H16N2OS2. The summed E-state index contributed by atoms with van der Waals surface area (Å²) in [5.74, 6) is 0.250. The summed E-state index contributed by atoms with van der Waals surface area (Å²) >= 11 is 3.31. The van der Waals surface area contributed by atoms with Crippen LogP contribution in [-0.4, -0.2) is 28.5 Å². The van der Waals surface area contributed by atoms with Crippen molar-refractivity contribution in [1.29, 1.82) is 0 Å². The first-order valence-corrected chi connectivity index (χ1v) is 8.74. The third kappa shape index (κ3) is 2.12. The first-order valence-electron chi connectivity index (χ1n) is 7.20. The molecule has 0 saturated carbocycles. The second kappa shape index (κ2) is 5.42. The minimum atomic E-state index is -0.180. The van der Waals surface area contributed by atoms with Gasteiger partial charge in [-0.3, -0.25) is 4.79 Å². The molecule has 22 heavy (non-hydrogen) atoms. The SMILES string of the molecule is CN1Sc2ccccc2C1C(=O)C1c2ccccc2SN1C. The number of hydrogen-bond acceptors (Lipinski definition) is 5. The van der Waals surface area contributed by atoms with E-state index in [0.29, 0.717) is 0 Å². The van der Waals surface area contributed by atoms with E-state index in [0.717, 1.165) is 11.1 Å². The van der Waals surface area contributed by atoms with Crippen LogP contribution >= 0.6 is 23.9 Å². The van der Waals surface area contributed by atoms with Gasteiger partial charge in [-0.25, -0.2) is 8.61 Å². The first-order chi connectivity index (χ1) is 10.7. The maximum Gasteiger partial charge on any atom is 0.177 e. The number of likely N-dealkylation sites (N-methyl/N-ethyl adjacent to an activating group) is 2. The van der Waals surface area contributed by atoms with Gasteiger partial charge in [0.2, 0.25) is 0 Å². The predicted octanol–water partition coefficient (Wildman–Crippen LogP) is 3.94. The predicted molar refractivity (Wildman–Crippen MR) is 90.6 cm³/mol. The Balaban J connectivity index is 1.74. The number of fused-ring (bicyclic) bond motifs is 2. The maximum atomic E-state index is 13.3. The number of carbonyl (C=O) groups is 1. The fourth-order valence-electron chi connectivity index (χ4n) is 3.20. The summed E-state index contributed by atoms with van der Waals surface area (Å²) in [5.41, 5.74) is 2.26. The molecule has 0 aromatic heterocycles. The second-order valence-corrected chi connectivity index (χ2v) is 7.95. The van der Waals surface area contributed by atoms with Crippen molar-refractivity contribution in [1.82, 2.24) is 8.61 Å². The number of hydrogen-bond donors (Lipinski definition) is 0. The molecule has 2 aliphatic heterocycles. The molecule has 5 heteroatoms. The quantitative estimate of drug-likeness (QED) is 0.777. The smallest absolute Gasteiger partial charge is 0.177 e. The summed E-state index contributed by atoms with van der Waals surface area (Å²) in [6, 6.07) is 16.0. The van der Waals surface area contributed by atoms with Crippen LogP contribution in [0.3, 0.4) is 0 Å². The summed E-state index contributed by atoms with van der Waals surface area (Å²) in [5, 5.41) is 0. The molecule has 2 unspecified atom stereocenters. The van der Waals surface area contributed by atoms with Gasteiger partial charge in [-0.2, -0.15) is 0 Å². The summed E-state index contributed by atoms with van der Waals surface area (Å²) < 4.78 is 4.15. The molecule has 2 heterocycles. The molecule has 0 saturated heterocycles. The Hall–Kier alpha value is -1.27. The van der Waals surface area contributed by atoms with Gasteiger partial charge >= 0.3 is 0 Å². The number of Topliss-reactive ketones (excluding diaryl/α,β-unsaturated/α-hetero) is 1. The van der Waals surface area contributed by atoms with Gasteiger partial charge in [0.25, 0.3) is 0 Å². The molecule has 2 aliphatic rings. The second-order valence-electron chi connectivity index (χ2n) is 5.56. The van der Waals surface area contributed by atoms with E-state index in [2.05, 4.69) is 32.9 Å². The van der Waals surface area contributed by atoms with Gasteiger partial charge in [0, 0.05) is 9.79 Å². The van der Waals surface area contributed by atoms with E-state index in [1.807, 2.05) is 38.4 Å². The molecule has 2 atom stereocenters. The molecule has 2 aromatic carbocycles. The van der Waals surface area contributed by atoms with Gasteiger partial charge < -0.3 is 0 Å². The van der Waals surface area contributed by atoms with Crippen molar-refractivity contribution in [2.24, 2.45) is 0 Å². The standard InChI is InChI=1S/C17H16N2OS2/c1-18-15(11-7-3-5-9-13(11)21-18)17(20)16-12-8-4-6-10-14(12)22-19(16)2/h3-10,15-16H,1-2H3. The fourth-order valence-corrected chi connectivity index (χ4v) is 5.32. The van der Waals surface area contributed by atoms with Crippen LogP contribution in [0.25, 0.3) is 0 Å². The van der Waals surface area contributed by atoms with Crippen molar-refractivity contribution in [2.75, 3.05) is 14.1 Å². The molecule has 0 N–H and O–H groups in total. The summed E-state index contributed by atoms with van der Waals surface area (Å²) in [4.78, 5) is 15.7. The molecule has 112 valence electrons. The number of nitrogens with zero attached hydrogens (tertiary/aromatic N) is 2. The highest BCUT2D eigenvalue weighted by atomic mass is 32.2. The molecule has 4 rings (SSSR count). The highest BCUT2D eigenvalue weighted by molar-refractivity contribution is 7.97. The minimum Gasteiger partial charge on any atom is -0.295 e. The Bertz CT molecular complexity index is 687. The molecule has 0 fully saturated rings. The fraction of sp³-hybridized carbons (Fsp3) is 0.235. The molecule has 0 bridgehead atoms. The van der Waals surface area contributed by atoms with Gasteiger partial charge in [0.15, 0.2) is 5.78 Å². The summed E-state index contributed by atoms with van der Waals surface area (Å²) in [7, 11) is 4.00. The number of rotatable bonds is 2. The molecule has 2 aromatic rings. The van der Waals surface area contributed by atoms with E-state index in [9.17, 15) is 4.79 Å². The van der Waals surface area contributed by atoms with Crippen LogP contribution < -0.4 is 0 Å². The minimum absolute atomic E-state index is 0.180. The Morgan fingerprint density at radius 3 is 1.68 bits per heavy atom. The normalized spacial score (nSPS) is 24.3. The zero-order valence-corrected chi connectivity index (χ0v) is 14.0. The topological polar surface area (TPSA) is 23.6 Å². The lowest BCUT2D eigenvalue weighted by Crippen LogP contribution is -2.31. The molecule has 3 nitrogen and oxygen atoms in total. The van der Waals surface area contributed by atoms with Crippen molar-refractivity contribution < 1.29 is 4.79 Å². The third-order valence-corrected chi connectivity index (χ3v) is 6.31. The van der Waals surface area contributed by atoms with Gasteiger partial charge in [-0.1, -0.05) is 36.4 Å². The van der Waals surface area contributed by atoms with Crippen LogP contribution in [0.2, 0.25) is 0 Å². The monoisotopic (exact) mass is 328 g/mol. The van der Waals surface area contributed by atoms with Crippen LogP contribution in [0.15, 0.2) is 58.3 Å². The van der Waals surface area contributed by atoms with E-state index in [1.54, 1.807) is 23.9 Å². The van der Waals surface area contributed by atoms with E-state index < -0.39 is 0 Å². The lowest BCUT2D eigenvalue weighted by Gasteiger charge is -2.25. The average molecular weight is 328 g/mol. The summed E-state index contributed by atoms with van der Waals surface area (Å²) in [6.45, 7) is 0. The maximum absolute atomic E-state index is 13.3. The Morgan fingerprint density at radius 1 is 0.818 bits per heavy atom. The lowest BCUT2D eigenvalue weighted by molar-refractivity contribution is -0.125. The van der Waals surface area contributed by atoms with Crippen molar-refractivity contribution >= 4 is 29.7 Å². The number of ketones is 1.